The largest absolute Gasteiger partial charge is 0.380 e. The quantitative estimate of drug-likeness (QED) is 0.775. The molecule has 0 radical (unpaired) electrons. The average molecular weight is 352 g/mol. The fraction of sp³-hybridized carbons (Fsp3) is 0.444. The topological polar surface area (TPSA) is 88.4 Å². The van der Waals surface area contributed by atoms with E-state index in [9.17, 15) is 4.79 Å². The van der Waals surface area contributed by atoms with Gasteiger partial charge in [-0.25, -0.2) is 9.97 Å². The van der Waals surface area contributed by atoms with Gasteiger partial charge in [-0.05, 0) is 25.0 Å². The van der Waals surface area contributed by atoms with Crippen molar-refractivity contribution in [3.05, 3.63) is 47.9 Å². The van der Waals surface area contributed by atoms with Crippen LogP contribution in [-0.4, -0.2) is 55.1 Å². The lowest BCUT2D eigenvalue weighted by Gasteiger charge is -2.23. The van der Waals surface area contributed by atoms with Crippen molar-refractivity contribution in [3.8, 4) is 0 Å². The summed E-state index contributed by atoms with van der Waals surface area (Å²) in [5, 5.41) is 7.40. The Morgan fingerprint density at radius 2 is 2.23 bits per heavy atom. The van der Waals surface area contributed by atoms with E-state index in [2.05, 4.69) is 20.2 Å². The number of pyridine rings is 1. The van der Waals surface area contributed by atoms with E-state index >= 15 is 0 Å². The van der Waals surface area contributed by atoms with Crippen LogP contribution in [0.5, 0.6) is 0 Å². The van der Waals surface area contributed by atoms with Crippen LogP contribution < -0.4 is 0 Å². The number of aromatic nitrogens is 5. The summed E-state index contributed by atoms with van der Waals surface area (Å²) >= 11 is 0. The number of ether oxygens (including phenoxy) is 1. The second-order valence-electron chi connectivity index (χ2n) is 6.99. The number of hydrogen-bond acceptors (Lipinski definition) is 5. The number of likely N-dealkylation sites (tertiary alicyclic amines) is 1. The summed E-state index contributed by atoms with van der Waals surface area (Å²) in [7, 11) is 1.68. The molecule has 0 bridgehead atoms. The second-order valence-corrected chi connectivity index (χ2v) is 6.99. The number of amides is 1. The minimum atomic E-state index is -0.161. The molecule has 8 heteroatoms. The van der Waals surface area contributed by atoms with Crippen LogP contribution in [0.2, 0.25) is 0 Å². The molecule has 2 fully saturated rings. The van der Waals surface area contributed by atoms with E-state index in [0.717, 1.165) is 30.1 Å². The standard InChI is InChI=1S/C18H20N6O2/c1-26-12-9-14(17-20-16(21-22-17)11-5-6-11)24(10-12)18(25)13-3-2-4-15-19-7-8-23(13)15/h2-4,7-8,11-12,14H,5-6,9-10H2,1H3,(H,20,21,22)/t12-,14+/m1/s1. The average Bonchev–Trinajstić information content (AvgIpc) is 3.09. The highest BCUT2D eigenvalue weighted by atomic mass is 16.5. The summed E-state index contributed by atoms with van der Waals surface area (Å²) in [6.45, 7) is 0.532. The molecule has 134 valence electrons. The molecule has 0 aromatic carbocycles. The molecule has 1 saturated heterocycles. The predicted molar refractivity (Wildman–Crippen MR) is 92.7 cm³/mol. The zero-order chi connectivity index (χ0) is 17.7. The number of aromatic amines is 1. The van der Waals surface area contributed by atoms with Crippen molar-refractivity contribution < 1.29 is 9.53 Å². The lowest BCUT2D eigenvalue weighted by atomic mass is 10.2. The maximum atomic E-state index is 13.3. The number of hydrogen-bond donors (Lipinski definition) is 1. The number of methoxy groups -OCH3 is 1. The molecule has 3 aromatic rings. The Kier molecular flexibility index (Phi) is 3.53. The Bertz CT molecular complexity index is 959. The highest BCUT2D eigenvalue weighted by molar-refractivity contribution is 5.93. The Balaban J connectivity index is 1.50. The molecule has 1 amide bonds. The summed E-state index contributed by atoms with van der Waals surface area (Å²) < 4.78 is 7.36. The van der Waals surface area contributed by atoms with Crippen LogP contribution in [-0.2, 0) is 4.74 Å². The summed E-state index contributed by atoms with van der Waals surface area (Å²) in [5.41, 5.74) is 1.34. The molecule has 5 rings (SSSR count). The number of H-pyrrole nitrogens is 1. The number of rotatable bonds is 4. The van der Waals surface area contributed by atoms with Gasteiger partial charge in [0.2, 0.25) is 0 Å². The van der Waals surface area contributed by atoms with Crippen LogP contribution in [0.4, 0.5) is 0 Å². The summed E-state index contributed by atoms with van der Waals surface area (Å²) in [6.07, 6.45) is 6.49. The highest BCUT2D eigenvalue weighted by Crippen LogP contribution is 2.39. The number of fused-ring (bicyclic) bond motifs is 1. The zero-order valence-electron chi connectivity index (χ0n) is 14.5. The molecule has 0 spiro atoms. The van der Waals surface area contributed by atoms with Crippen molar-refractivity contribution in [2.75, 3.05) is 13.7 Å². The number of imidazole rings is 1. The Labute approximate surface area is 150 Å². The van der Waals surface area contributed by atoms with Gasteiger partial charge in [0.1, 0.15) is 17.2 Å². The van der Waals surface area contributed by atoms with E-state index in [-0.39, 0.29) is 18.1 Å². The van der Waals surface area contributed by atoms with Gasteiger partial charge in [-0.3, -0.25) is 14.3 Å². The van der Waals surface area contributed by atoms with Gasteiger partial charge in [0.25, 0.3) is 5.91 Å². The van der Waals surface area contributed by atoms with Gasteiger partial charge in [-0.2, -0.15) is 5.10 Å². The maximum Gasteiger partial charge on any atom is 0.271 e. The van der Waals surface area contributed by atoms with Crippen molar-refractivity contribution in [3.63, 3.8) is 0 Å². The van der Waals surface area contributed by atoms with E-state index in [0.29, 0.717) is 24.6 Å². The van der Waals surface area contributed by atoms with Gasteiger partial charge in [0.15, 0.2) is 5.82 Å². The van der Waals surface area contributed by atoms with Gasteiger partial charge in [-0.15, -0.1) is 0 Å². The molecule has 0 unspecified atom stereocenters. The molecule has 8 nitrogen and oxygen atoms in total. The number of carbonyl (C=O) groups excluding carboxylic acids is 1. The maximum absolute atomic E-state index is 13.3. The SMILES string of the molecule is CO[C@@H]1C[C@@H](c2nc(C3CC3)n[nH]2)N(C(=O)c2cccc3nccn23)C1. The van der Waals surface area contributed by atoms with Crippen molar-refractivity contribution >= 4 is 11.6 Å². The first-order chi connectivity index (χ1) is 12.7. The third-order valence-corrected chi connectivity index (χ3v) is 5.28. The van der Waals surface area contributed by atoms with E-state index in [1.807, 2.05) is 27.5 Å². The highest BCUT2D eigenvalue weighted by Gasteiger charge is 2.40. The molecular weight excluding hydrogens is 332 g/mol. The molecule has 2 atom stereocenters. The number of carbonyl (C=O) groups is 1. The van der Waals surface area contributed by atoms with Crippen molar-refractivity contribution in [2.45, 2.75) is 37.3 Å². The number of nitrogens with one attached hydrogen (secondary N) is 1. The molecule has 4 heterocycles. The summed E-state index contributed by atoms with van der Waals surface area (Å²) in [5.74, 6) is 2.04. The lowest BCUT2D eigenvalue weighted by molar-refractivity contribution is 0.0677. The zero-order valence-corrected chi connectivity index (χ0v) is 14.5. The second kappa shape index (κ2) is 5.91. The van der Waals surface area contributed by atoms with Crippen molar-refractivity contribution in [2.24, 2.45) is 0 Å². The van der Waals surface area contributed by atoms with Crippen LogP contribution in [0.15, 0.2) is 30.6 Å². The van der Waals surface area contributed by atoms with Gasteiger partial charge in [0, 0.05) is 38.4 Å². The van der Waals surface area contributed by atoms with Gasteiger partial charge in [-0.1, -0.05) is 6.07 Å². The molecule has 1 saturated carbocycles. The molecule has 1 N–H and O–H groups in total. The molecule has 1 aliphatic carbocycles. The van der Waals surface area contributed by atoms with Crippen LogP contribution in [0.3, 0.4) is 0 Å². The lowest BCUT2D eigenvalue weighted by Crippen LogP contribution is -2.33. The van der Waals surface area contributed by atoms with Crippen molar-refractivity contribution in [1.29, 1.82) is 0 Å². The van der Waals surface area contributed by atoms with Crippen LogP contribution in [0.1, 0.15) is 53.4 Å². The third kappa shape index (κ3) is 2.48. The summed E-state index contributed by atoms with van der Waals surface area (Å²) in [4.78, 5) is 24.1. The van der Waals surface area contributed by atoms with Crippen LogP contribution in [0, 0.1) is 0 Å². The fourth-order valence-corrected chi connectivity index (χ4v) is 3.68. The minimum absolute atomic E-state index is 0.0135. The molecule has 2 aliphatic rings. The van der Waals surface area contributed by atoms with E-state index in [4.69, 9.17) is 4.74 Å². The Morgan fingerprint density at radius 3 is 3.04 bits per heavy atom. The van der Waals surface area contributed by atoms with E-state index < -0.39 is 0 Å². The first kappa shape index (κ1) is 15.5. The first-order valence-corrected chi connectivity index (χ1v) is 8.92. The monoisotopic (exact) mass is 352 g/mol. The molecule has 26 heavy (non-hydrogen) atoms. The fourth-order valence-electron chi connectivity index (χ4n) is 3.68. The van der Waals surface area contributed by atoms with Gasteiger partial charge < -0.3 is 9.64 Å². The first-order valence-electron chi connectivity index (χ1n) is 8.92. The minimum Gasteiger partial charge on any atom is -0.380 e. The van der Waals surface area contributed by atoms with Crippen LogP contribution >= 0.6 is 0 Å². The van der Waals surface area contributed by atoms with E-state index in [1.54, 1.807) is 19.5 Å². The molecular formula is C18H20N6O2. The van der Waals surface area contributed by atoms with Gasteiger partial charge >= 0.3 is 0 Å². The molecule has 3 aromatic heterocycles. The van der Waals surface area contributed by atoms with Gasteiger partial charge in [0.05, 0.1) is 12.1 Å². The van der Waals surface area contributed by atoms with Crippen molar-refractivity contribution in [1.82, 2.24) is 29.5 Å². The normalized spacial score (nSPS) is 23.0. The molecule has 1 aliphatic heterocycles. The Hall–Kier alpha value is -2.74. The predicted octanol–water partition coefficient (Wildman–Crippen LogP) is 1.93. The smallest absolute Gasteiger partial charge is 0.271 e. The number of nitrogens with zero attached hydrogens (tertiary/aromatic N) is 5. The van der Waals surface area contributed by atoms with Crippen LogP contribution in [0.25, 0.3) is 5.65 Å². The Morgan fingerprint density at radius 1 is 1.35 bits per heavy atom. The third-order valence-electron chi connectivity index (χ3n) is 5.28. The summed E-state index contributed by atoms with van der Waals surface area (Å²) in [6, 6.07) is 5.40. The van der Waals surface area contributed by atoms with E-state index in [1.165, 1.54) is 0 Å².